The van der Waals surface area contributed by atoms with Crippen LogP contribution in [-0.4, -0.2) is 31.9 Å². The van der Waals surface area contributed by atoms with Gasteiger partial charge in [0.1, 0.15) is 11.6 Å². The Bertz CT molecular complexity index is 700. The molecule has 0 radical (unpaired) electrons. The molecule has 0 fully saturated rings. The van der Waals surface area contributed by atoms with Gasteiger partial charge in [-0.15, -0.1) is 0 Å². The lowest BCUT2D eigenvalue weighted by Crippen LogP contribution is -2.25. The molecular weight excluding hydrogens is 347 g/mol. The van der Waals surface area contributed by atoms with Gasteiger partial charge in [-0.3, -0.25) is 13.7 Å². The van der Waals surface area contributed by atoms with E-state index in [9.17, 15) is 9.00 Å². The Balaban J connectivity index is 1.77. The van der Waals surface area contributed by atoms with Crippen LogP contribution in [0.15, 0.2) is 41.8 Å². The van der Waals surface area contributed by atoms with Gasteiger partial charge in [-0.2, -0.15) is 10.2 Å². The average Bonchev–Trinajstić information content (AvgIpc) is 2.86. The van der Waals surface area contributed by atoms with Crippen LogP contribution in [0.1, 0.15) is 5.56 Å². The summed E-state index contributed by atoms with van der Waals surface area (Å²) < 4.78 is 13.2. The minimum absolute atomic E-state index is 0.0983. The van der Waals surface area contributed by atoms with Crippen LogP contribution in [0.4, 0.5) is 0 Å². The fourth-order valence-corrected chi connectivity index (χ4v) is 2.68. The number of amides is 1. The lowest BCUT2D eigenvalue weighted by Gasteiger charge is -2.01. The zero-order valence-electron chi connectivity index (χ0n) is 11.3. The Morgan fingerprint density at radius 2 is 2.05 bits per heavy atom. The number of hydrogen-bond acceptors (Lipinski definition) is 4. The molecule has 116 valence electrons. The molecule has 2 rings (SSSR count). The fraction of sp³-hybridized carbons (Fsp3) is 0.154. The highest BCUT2D eigenvalue weighted by Gasteiger charge is 2.08. The van der Waals surface area contributed by atoms with Crippen LogP contribution in [0.5, 0.6) is 0 Å². The van der Waals surface area contributed by atoms with E-state index < -0.39 is 16.7 Å². The van der Waals surface area contributed by atoms with Crippen LogP contribution >= 0.6 is 23.2 Å². The molecule has 0 spiro atoms. The molecule has 1 N–H and O–H groups in total. The van der Waals surface area contributed by atoms with Crippen molar-refractivity contribution in [3.05, 3.63) is 52.3 Å². The molecule has 1 amide bonds. The molecule has 1 aromatic carbocycles. The van der Waals surface area contributed by atoms with Crippen molar-refractivity contribution in [1.82, 2.24) is 15.2 Å². The van der Waals surface area contributed by atoms with Crippen molar-refractivity contribution in [2.75, 3.05) is 5.75 Å². The van der Waals surface area contributed by atoms with Gasteiger partial charge in [0.25, 0.3) is 5.91 Å². The van der Waals surface area contributed by atoms with Gasteiger partial charge in [0.05, 0.1) is 28.2 Å². The Hall–Kier alpha value is -1.70. The van der Waals surface area contributed by atoms with Crippen LogP contribution in [0, 0.1) is 0 Å². The van der Waals surface area contributed by atoms with Crippen LogP contribution in [0.2, 0.25) is 10.0 Å². The number of benzene rings is 1. The fourth-order valence-electron chi connectivity index (χ4n) is 1.51. The van der Waals surface area contributed by atoms with Gasteiger partial charge in [0.2, 0.25) is 0 Å². The molecule has 0 aliphatic carbocycles. The molecule has 2 aromatic rings. The van der Waals surface area contributed by atoms with E-state index in [2.05, 4.69) is 15.6 Å². The highest BCUT2D eigenvalue weighted by atomic mass is 35.5. The quantitative estimate of drug-likeness (QED) is 0.634. The summed E-state index contributed by atoms with van der Waals surface area (Å²) in [5.41, 5.74) is 3.11. The van der Waals surface area contributed by atoms with Crippen molar-refractivity contribution in [2.24, 2.45) is 5.10 Å². The van der Waals surface area contributed by atoms with Gasteiger partial charge < -0.3 is 0 Å². The van der Waals surface area contributed by atoms with E-state index in [1.54, 1.807) is 24.3 Å². The Morgan fingerprint density at radius 3 is 2.68 bits per heavy atom. The molecule has 0 saturated carbocycles. The maximum atomic E-state index is 11.8. The van der Waals surface area contributed by atoms with Gasteiger partial charge >= 0.3 is 0 Å². The summed E-state index contributed by atoms with van der Waals surface area (Å²) in [4.78, 5) is 11.6. The number of rotatable bonds is 6. The normalized spacial score (nSPS) is 12.5. The number of carbonyl (C=O) groups is 1. The predicted octanol–water partition coefficient (Wildman–Crippen LogP) is 2.05. The molecule has 9 heteroatoms. The minimum atomic E-state index is -1.40. The summed E-state index contributed by atoms with van der Waals surface area (Å²) in [6.07, 6.45) is 4.45. The van der Waals surface area contributed by atoms with E-state index in [-0.39, 0.29) is 11.6 Å². The molecule has 1 atom stereocenters. The lowest BCUT2D eigenvalue weighted by atomic mass is 10.2. The largest absolute Gasteiger partial charge is 0.272 e. The van der Waals surface area contributed by atoms with E-state index in [0.29, 0.717) is 10.0 Å². The van der Waals surface area contributed by atoms with Crippen molar-refractivity contribution in [3.8, 4) is 0 Å². The van der Waals surface area contributed by atoms with Gasteiger partial charge in [-0.25, -0.2) is 5.43 Å². The van der Waals surface area contributed by atoms with E-state index in [0.717, 1.165) is 5.56 Å². The summed E-state index contributed by atoms with van der Waals surface area (Å²) >= 11 is 11.5. The maximum Gasteiger partial charge on any atom is 0.252 e. The number of nitrogens with one attached hydrogen (secondary N) is 1. The van der Waals surface area contributed by atoms with Crippen molar-refractivity contribution in [1.29, 1.82) is 0 Å². The number of halogens is 2. The molecular formula is C13H12Cl2N4O2S. The number of hydrogen-bond donors (Lipinski definition) is 1. The monoisotopic (exact) mass is 358 g/mol. The standard InChI is InChI=1S/C13H12Cl2N4O2S/c14-11-3-1-10(2-4-11)5-16-18-13(20)8-22(21)9-19-7-12(15)6-17-19/h1-7H,8-9H2,(H,18,20)/b16-5+. The lowest BCUT2D eigenvalue weighted by molar-refractivity contribution is -0.118. The molecule has 1 unspecified atom stereocenters. The summed E-state index contributed by atoms with van der Waals surface area (Å²) in [5, 5.41) is 8.75. The minimum Gasteiger partial charge on any atom is -0.272 e. The molecule has 0 aliphatic heterocycles. The van der Waals surface area contributed by atoms with Crippen LogP contribution in [0.25, 0.3) is 0 Å². The predicted molar refractivity (Wildman–Crippen MR) is 87.4 cm³/mol. The zero-order valence-corrected chi connectivity index (χ0v) is 13.6. The third kappa shape index (κ3) is 5.59. The topological polar surface area (TPSA) is 76.3 Å². The van der Waals surface area contributed by atoms with E-state index in [4.69, 9.17) is 23.2 Å². The average molecular weight is 359 g/mol. The zero-order chi connectivity index (χ0) is 15.9. The molecule has 0 aliphatic rings. The second kappa shape index (κ2) is 8.07. The first-order valence-electron chi connectivity index (χ1n) is 6.13. The first-order valence-corrected chi connectivity index (χ1v) is 8.38. The Kier molecular flexibility index (Phi) is 6.11. The van der Waals surface area contributed by atoms with Crippen molar-refractivity contribution in [2.45, 2.75) is 5.88 Å². The van der Waals surface area contributed by atoms with Gasteiger partial charge in [0, 0.05) is 11.2 Å². The summed E-state index contributed by atoms with van der Waals surface area (Å²) in [7, 11) is -1.40. The number of carbonyl (C=O) groups excluding carboxylic acids is 1. The molecule has 1 heterocycles. The SMILES string of the molecule is O=C(CS(=O)Cn1cc(Cl)cn1)N/N=C/c1ccc(Cl)cc1. The van der Waals surface area contributed by atoms with Crippen molar-refractivity contribution >= 4 is 46.1 Å². The maximum absolute atomic E-state index is 11.8. The van der Waals surface area contributed by atoms with E-state index >= 15 is 0 Å². The smallest absolute Gasteiger partial charge is 0.252 e. The van der Waals surface area contributed by atoms with Crippen molar-refractivity contribution < 1.29 is 9.00 Å². The van der Waals surface area contributed by atoms with Gasteiger partial charge in [-0.05, 0) is 17.7 Å². The molecule has 0 bridgehead atoms. The third-order valence-electron chi connectivity index (χ3n) is 2.44. The second-order valence-corrected chi connectivity index (χ2v) is 6.56. The number of nitrogens with zero attached hydrogens (tertiary/aromatic N) is 3. The molecule has 22 heavy (non-hydrogen) atoms. The van der Waals surface area contributed by atoms with Crippen molar-refractivity contribution in [3.63, 3.8) is 0 Å². The Morgan fingerprint density at radius 1 is 1.32 bits per heavy atom. The number of aromatic nitrogens is 2. The first kappa shape index (κ1) is 16.7. The molecule has 6 nitrogen and oxygen atoms in total. The van der Waals surface area contributed by atoms with Crippen LogP contribution in [-0.2, 0) is 21.5 Å². The van der Waals surface area contributed by atoms with Gasteiger partial charge in [-0.1, -0.05) is 35.3 Å². The van der Waals surface area contributed by atoms with E-state index in [1.165, 1.54) is 23.3 Å². The van der Waals surface area contributed by atoms with Crippen LogP contribution in [0.3, 0.4) is 0 Å². The highest BCUT2D eigenvalue weighted by Crippen LogP contribution is 2.07. The second-order valence-electron chi connectivity index (χ2n) is 4.26. The summed E-state index contributed by atoms with van der Waals surface area (Å²) in [6, 6.07) is 6.96. The van der Waals surface area contributed by atoms with E-state index in [1.807, 2.05) is 0 Å². The first-order chi connectivity index (χ1) is 10.5. The molecule has 1 aromatic heterocycles. The van der Waals surface area contributed by atoms with Crippen LogP contribution < -0.4 is 5.43 Å². The van der Waals surface area contributed by atoms with Gasteiger partial charge in [0.15, 0.2) is 0 Å². The third-order valence-corrected chi connectivity index (χ3v) is 4.03. The number of hydrazone groups is 1. The molecule has 0 saturated heterocycles. The summed E-state index contributed by atoms with van der Waals surface area (Å²) in [5.74, 6) is -0.516. The highest BCUT2D eigenvalue weighted by molar-refractivity contribution is 7.84. The summed E-state index contributed by atoms with van der Waals surface area (Å²) in [6.45, 7) is 0. The Labute approximate surface area is 139 Å².